The lowest BCUT2D eigenvalue weighted by Crippen LogP contribution is -2.52. The first-order valence-corrected chi connectivity index (χ1v) is 6.55. The first-order valence-electron chi connectivity index (χ1n) is 6.55. The van der Waals surface area contributed by atoms with Crippen molar-refractivity contribution in [2.45, 2.75) is 51.6 Å². The molecule has 1 heterocycles. The maximum atomic E-state index is 6.06. The third kappa shape index (κ3) is 2.94. The number of hydrogen-bond acceptors (Lipinski definition) is 2. The normalized spacial score (nSPS) is 37.4. The first-order chi connectivity index (χ1) is 7.20. The third-order valence-electron chi connectivity index (χ3n) is 3.84. The molecule has 2 unspecified atom stereocenters. The zero-order valence-electron chi connectivity index (χ0n) is 10.2. The predicted molar refractivity (Wildman–Crippen MR) is 63.0 cm³/mol. The maximum absolute atomic E-state index is 6.06. The van der Waals surface area contributed by atoms with Crippen molar-refractivity contribution in [3.8, 4) is 0 Å². The quantitative estimate of drug-likeness (QED) is 0.758. The summed E-state index contributed by atoms with van der Waals surface area (Å²) in [4.78, 5) is 0. The van der Waals surface area contributed by atoms with E-state index < -0.39 is 0 Å². The van der Waals surface area contributed by atoms with E-state index in [1.165, 1.54) is 32.1 Å². The van der Waals surface area contributed by atoms with Gasteiger partial charge in [0.05, 0.1) is 12.2 Å². The molecular weight excluding hydrogens is 186 g/mol. The number of nitrogens with one attached hydrogen (secondary N) is 1. The van der Waals surface area contributed by atoms with E-state index in [1.807, 2.05) is 0 Å². The van der Waals surface area contributed by atoms with Crippen LogP contribution >= 0.6 is 0 Å². The van der Waals surface area contributed by atoms with Gasteiger partial charge in [0.2, 0.25) is 0 Å². The second-order valence-electron chi connectivity index (χ2n) is 5.80. The third-order valence-corrected chi connectivity index (χ3v) is 3.84. The van der Waals surface area contributed by atoms with Crippen molar-refractivity contribution in [1.29, 1.82) is 0 Å². The van der Waals surface area contributed by atoms with Crippen LogP contribution in [0, 0.1) is 11.8 Å². The van der Waals surface area contributed by atoms with Crippen LogP contribution in [0.3, 0.4) is 0 Å². The van der Waals surface area contributed by atoms with Gasteiger partial charge in [-0.1, -0.05) is 26.7 Å². The molecule has 15 heavy (non-hydrogen) atoms. The molecule has 1 aliphatic carbocycles. The van der Waals surface area contributed by atoms with Crippen molar-refractivity contribution in [3.05, 3.63) is 0 Å². The highest BCUT2D eigenvalue weighted by Crippen LogP contribution is 2.38. The van der Waals surface area contributed by atoms with Gasteiger partial charge in [-0.15, -0.1) is 0 Å². The minimum Gasteiger partial charge on any atom is -0.372 e. The van der Waals surface area contributed by atoms with E-state index in [9.17, 15) is 0 Å². The zero-order chi connectivity index (χ0) is 10.7. The highest BCUT2D eigenvalue weighted by molar-refractivity contribution is 4.92. The van der Waals surface area contributed by atoms with Gasteiger partial charge in [0.25, 0.3) is 0 Å². The maximum Gasteiger partial charge on any atom is 0.0809 e. The van der Waals surface area contributed by atoms with E-state index in [4.69, 9.17) is 4.74 Å². The number of hydrogen-bond donors (Lipinski definition) is 1. The summed E-state index contributed by atoms with van der Waals surface area (Å²) < 4.78 is 6.06. The van der Waals surface area contributed by atoms with Crippen LogP contribution in [0.5, 0.6) is 0 Å². The molecule has 2 rings (SSSR count). The van der Waals surface area contributed by atoms with Gasteiger partial charge in [0, 0.05) is 13.1 Å². The largest absolute Gasteiger partial charge is 0.372 e. The zero-order valence-corrected chi connectivity index (χ0v) is 10.2. The van der Waals surface area contributed by atoms with E-state index in [0.29, 0.717) is 0 Å². The number of rotatable bonds is 2. The summed E-state index contributed by atoms with van der Waals surface area (Å²) in [5.74, 6) is 1.74. The molecule has 0 aromatic rings. The average molecular weight is 211 g/mol. The average Bonchev–Trinajstić information content (AvgIpc) is 2.17. The molecule has 2 heteroatoms. The van der Waals surface area contributed by atoms with Gasteiger partial charge in [0.1, 0.15) is 0 Å². The van der Waals surface area contributed by atoms with Gasteiger partial charge >= 0.3 is 0 Å². The minimum absolute atomic E-state index is 0.204. The summed E-state index contributed by atoms with van der Waals surface area (Å²) in [5, 5.41) is 3.49. The molecular formula is C13H25NO. The molecule has 2 aliphatic rings. The topological polar surface area (TPSA) is 21.3 Å². The van der Waals surface area contributed by atoms with Gasteiger partial charge in [-0.3, -0.25) is 0 Å². The van der Waals surface area contributed by atoms with Crippen LogP contribution in [-0.4, -0.2) is 25.3 Å². The molecule has 0 amide bonds. The molecule has 0 aromatic heterocycles. The Bertz CT molecular complexity index is 191. The Morgan fingerprint density at radius 1 is 1.47 bits per heavy atom. The van der Waals surface area contributed by atoms with Gasteiger partial charge in [0.15, 0.2) is 0 Å². The summed E-state index contributed by atoms with van der Waals surface area (Å²) >= 11 is 0. The van der Waals surface area contributed by atoms with Crippen LogP contribution in [0.15, 0.2) is 0 Å². The molecule has 1 spiro atoms. The number of ether oxygens (including phenoxy) is 1. The van der Waals surface area contributed by atoms with E-state index >= 15 is 0 Å². The van der Waals surface area contributed by atoms with Crippen LogP contribution < -0.4 is 5.32 Å². The van der Waals surface area contributed by atoms with Gasteiger partial charge in [-0.05, 0) is 31.1 Å². The minimum atomic E-state index is 0.204. The molecule has 0 aromatic carbocycles. The predicted octanol–water partition coefficient (Wildman–Crippen LogP) is 2.58. The lowest BCUT2D eigenvalue weighted by molar-refractivity contribution is -0.101. The van der Waals surface area contributed by atoms with Crippen LogP contribution in [-0.2, 0) is 4.74 Å². The van der Waals surface area contributed by atoms with Crippen molar-refractivity contribution in [1.82, 2.24) is 5.32 Å². The molecule has 0 radical (unpaired) electrons. The van der Waals surface area contributed by atoms with Crippen molar-refractivity contribution in [2.24, 2.45) is 11.8 Å². The molecule has 1 saturated carbocycles. The number of morpholine rings is 1. The lowest BCUT2D eigenvalue weighted by atomic mass is 9.74. The van der Waals surface area contributed by atoms with Crippen LogP contribution in [0.2, 0.25) is 0 Å². The molecule has 2 nitrogen and oxygen atoms in total. The van der Waals surface area contributed by atoms with Crippen LogP contribution in [0.25, 0.3) is 0 Å². The second kappa shape index (κ2) is 4.84. The van der Waals surface area contributed by atoms with Gasteiger partial charge in [-0.25, -0.2) is 0 Å². The summed E-state index contributed by atoms with van der Waals surface area (Å²) in [6.07, 6.45) is 6.72. The second-order valence-corrected chi connectivity index (χ2v) is 5.80. The molecule has 0 bridgehead atoms. The summed E-state index contributed by atoms with van der Waals surface area (Å²) in [6, 6.07) is 0. The van der Waals surface area contributed by atoms with E-state index in [1.54, 1.807) is 0 Å². The lowest BCUT2D eigenvalue weighted by Gasteiger charge is -2.44. The monoisotopic (exact) mass is 211 g/mol. The first kappa shape index (κ1) is 11.4. The SMILES string of the molecule is CC(C)CC1CCCC2(CNCCO2)C1. The Morgan fingerprint density at radius 3 is 3.00 bits per heavy atom. The Labute approximate surface area is 93.8 Å². The van der Waals surface area contributed by atoms with E-state index in [0.717, 1.165) is 31.5 Å². The highest BCUT2D eigenvalue weighted by Gasteiger charge is 2.38. The highest BCUT2D eigenvalue weighted by atomic mass is 16.5. The standard InChI is InChI=1S/C13H25NO/c1-11(2)8-12-4-3-5-13(9-12)10-14-6-7-15-13/h11-12,14H,3-10H2,1-2H3. The summed E-state index contributed by atoms with van der Waals surface area (Å²) in [7, 11) is 0. The molecule has 88 valence electrons. The van der Waals surface area contributed by atoms with Crippen molar-refractivity contribution < 1.29 is 4.74 Å². The van der Waals surface area contributed by atoms with Crippen molar-refractivity contribution in [3.63, 3.8) is 0 Å². The van der Waals surface area contributed by atoms with Crippen molar-refractivity contribution in [2.75, 3.05) is 19.7 Å². The fraction of sp³-hybridized carbons (Fsp3) is 1.00. The molecule has 1 N–H and O–H groups in total. The van der Waals surface area contributed by atoms with Crippen LogP contribution in [0.4, 0.5) is 0 Å². The van der Waals surface area contributed by atoms with E-state index in [-0.39, 0.29) is 5.60 Å². The Balaban J connectivity index is 1.90. The Morgan fingerprint density at radius 2 is 2.33 bits per heavy atom. The summed E-state index contributed by atoms with van der Waals surface area (Å²) in [5.41, 5.74) is 0.204. The Hall–Kier alpha value is -0.0800. The van der Waals surface area contributed by atoms with Gasteiger partial charge < -0.3 is 10.1 Å². The summed E-state index contributed by atoms with van der Waals surface area (Å²) in [6.45, 7) is 7.70. The van der Waals surface area contributed by atoms with Gasteiger partial charge in [-0.2, -0.15) is 0 Å². The molecule has 2 fully saturated rings. The Kier molecular flexibility index (Phi) is 3.68. The van der Waals surface area contributed by atoms with Crippen LogP contribution in [0.1, 0.15) is 46.0 Å². The fourth-order valence-electron chi connectivity index (χ4n) is 3.31. The molecule has 2 atom stereocenters. The molecule has 1 aliphatic heterocycles. The molecule has 1 saturated heterocycles. The van der Waals surface area contributed by atoms with Crippen molar-refractivity contribution >= 4 is 0 Å². The fourth-order valence-corrected chi connectivity index (χ4v) is 3.31. The smallest absolute Gasteiger partial charge is 0.0809 e. The van der Waals surface area contributed by atoms with E-state index in [2.05, 4.69) is 19.2 Å².